The fraction of sp³-hybridized carbons (Fsp3) is 0.185. The predicted molar refractivity (Wildman–Crippen MR) is 140 cm³/mol. The number of carbonyl (C=O) groups is 3. The Balaban J connectivity index is 1.35. The van der Waals surface area contributed by atoms with Gasteiger partial charge in [-0.2, -0.15) is 5.10 Å². The first-order valence-electron chi connectivity index (χ1n) is 11.6. The molecule has 4 rings (SSSR count). The number of ether oxygens (including phenoxy) is 2. The number of rotatable bonds is 7. The molecule has 37 heavy (non-hydrogen) atoms. The largest absolute Gasteiger partial charge is 0.488 e. The van der Waals surface area contributed by atoms with Crippen molar-refractivity contribution in [2.75, 3.05) is 31.6 Å². The first kappa shape index (κ1) is 25.9. The van der Waals surface area contributed by atoms with E-state index in [9.17, 15) is 14.4 Å². The summed E-state index contributed by atoms with van der Waals surface area (Å²) in [6.45, 7) is 2.15. The summed E-state index contributed by atoms with van der Waals surface area (Å²) in [5.74, 6) is -1.63. The number of halogens is 1. The molecule has 10 heteroatoms. The molecule has 1 saturated heterocycles. The third-order valence-corrected chi connectivity index (χ3v) is 5.76. The number of nitrogens with zero attached hydrogens (tertiary/aromatic N) is 2. The van der Waals surface area contributed by atoms with Gasteiger partial charge in [0.05, 0.1) is 30.7 Å². The summed E-state index contributed by atoms with van der Waals surface area (Å²) in [7, 11) is 0. The van der Waals surface area contributed by atoms with Gasteiger partial charge in [0.15, 0.2) is 0 Å². The van der Waals surface area contributed by atoms with Crippen LogP contribution >= 0.6 is 11.6 Å². The van der Waals surface area contributed by atoms with Gasteiger partial charge in [-0.15, -0.1) is 0 Å². The van der Waals surface area contributed by atoms with E-state index in [0.717, 1.165) is 5.56 Å². The summed E-state index contributed by atoms with van der Waals surface area (Å²) in [4.78, 5) is 39.3. The highest BCUT2D eigenvalue weighted by atomic mass is 35.5. The van der Waals surface area contributed by atoms with E-state index >= 15 is 0 Å². The molecule has 2 N–H and O–H groups in total. The molecule has 0 saturated carbocycles. The van der Waals surface area contributed by atoms with E-state index in [1.165, 1.54) is 6.21 Å². The SMILES string of the molecule is O=C(N/N=C/c1ccccc1OCc1ccc(Cl)cc1)C(=O)Nc1ccccc1C(=O)N1CCOCC1. The molecule has 1 aliphatic rings. The number of hydrazone groups is 1. The zero-order chi connectivity index (χ0) is 26.0. The van der Waals surface area contributed by atoms with Crippen LogP contribution in [0.2, 0.25) is 5.02 Å². The number of morpholine rings is 1. The molecule has 0 atom stereocenters. The quantitative estimate of drug-likeness (QED) is 0.281. The molecule has 1 fully saturated rings. The van der Waals surface area contributed by atoms with Gasteiger partial charge in [-0.25, -0.2) is 5.43 Å². The predicted octanol–water partition coefficient (Wildman–Crippen LogP) is 3.48. The number of benzene rings is 3. The lowest BCUT2D eigenvalue weighted by atomic mass is 10.1. The van der Waals surface area contributed by atoms with Gasteiger partial charge in [-0.3, -0.25) is 14.4 Å². The summed E-state index contributed by atoms with van der Waals surface area (Å²) in [6.07, 6.45) is 1.39. The van der Waals surface area contributed by atoms with Crippen LogP contribution in [0, 0.1) is 0 Å². The highest BCUT2D eigenvalue weighted by molar-refractivity contribution is 6.40. The van der Waals surface area contributed by atoms with Gasteiger partial charge in [0.25, 0.3) is 5.91 Å². The maximum absolute atomic E-state index is 12.9. The van der Waals surface area contributed by atoms with Crippen LogP contribution in [0.1, 0.15) is 21.5 Å². The van der Waals surface area contributed by atoms with Gasteiger partial charge in [-0.1, -0.05) is 48.0 Å². The molecule has 0 bridgehead atoms. The normalized spacial score (nSPS) is 13.3. The Hall–Kier alpha value is -4.21. The summed E-state index contributed by atoms with van der Waals surface area (Å²) < 4.78 is 11.1. The Kier molecular flexibility index (Phi) is 8.85. The molecule has 9 nitrogen and oxygen atoms in total. The van der Waals surface area contributed by atoms with E-state index in [-0.39, 0.29) is 11.6 Å². The van der Waals surface area contributed by atoms with Crippen LogP contribution in [-0.4, -0.2) is 55.1 Å². The van der Waals surface area contributed by atoms with Crippen molar-refractivity contribution in [3.05, 3.63) is 94.5 Å². The lowest BCUT2D eigenvalue weighted by molar-refractivity contribution is -0.136. The molecule has 3 aromatic rings. The van der Waals surface area contributed by atoms with E-state index in [1.54, 1.807) is 59.5 Å². The molecule has 3 aromatic carbocycles. The van der Waals surface area contributed by atoms with Gasteiger partial charge >= 0.3 is 11.8 Å². The Morgan fingerprint density at radius 1 is 0.946 bits per heavy atom. The van der Waals surface area contributed by atoms with E-state index in [4.69, 9.17) is 21.1 Å². The number of hydrogen-bond acceptors (Lipinski definition) is 6. The second-order valence-electron chi connectivity index (χ2n) is 8.06. The van der Waals surface area contributed by atoms with Gasteiger partial charge in [-0.05, 0) is 42.0 Å². The minimum atomic E-state index is -0.982. The van der Waals surface area contributed by atoms with Gasteiger partial charge in [0, 0.05) is 23.7 Å². The number of anilines is 1. The summed E-state index contributed by atoms with van der Waals surface area (Å²) in [5.41, 5.74) is 4.29. The zero-order valence-corrected chi connectivity index (χ0v) is 20.6. The van der Waals surface area contributed by atoms with Crippen LogP contribution in [0.4, 0.5) is 5.69 Å². The molecule has 0 radical (unpaired) electrons. The third-order valence-electron chi connectivity index (χ3n) is 5.51. The van der Waals surface area contributed by atoms with Crippen LogP contribution in [0.5, 0.6) is 5.75 Å². The minimum absolute atomic E-state index is 0.240. The summed E-state index contributed by atoms with van der Waals surface area (Å²) in [6, 6.07) is 21.0. The van der Waals surface area contributed by atoms with Crippen LogP contribution in [0.15, 0.2) is 77.9 Å². The lowest BCUT2D eigenvalue weighted by Gasteiger charge is -2.27. The first-order chi connectivity index (χ1) is 18.0. The summed E-state index contributed by atoms with van der Waals surface area (Å²) >= 11 is 5.92. The first-order valence-corrected chi connectivity index (χ1v) is 12.0. The van der Waals surface area contributed by atoms with Crippen molar-refractivity contribution in [1.82, 2.24) is 10.3 Å². The number of carbonyl (C=O) groups excluding carboxylic acids is 3. The van der Waals surface area contributed by atoms with Crippen molar-refractivity contribution in [1.29, 1.82) is 0 Å². The summed E-state index contributed by atoms with van der Waals surface area (Å²) in [5, 5.41) is 7.03. The lowest BCUT2D eigenvalue weighted by Crippen LogP contribution is -2.41. The Morgan fingerprint density at radius 3 is 2.43 bits per heavy atom. The molecule has 1 aliphatic heterocycles. The zero-order valence-electron chi connectivity index (χ0n) is 19.9. The average Bonchev–Trinajstić information content (AvgIpc) is 2.93. The average molecular weight is 521 g/mol. The molecule has 190 valence electrons. The number of amides is 3. The van der Waals surface area contributed by atoms with Crippen molar-refractivity contribution < 1.29 is 23.9 Å². The van der Waals surface area contributed by atoms with Crippen molar-refractivity contribution in [3.63, 3.8) is 0 Å². The van der Waals surface area contributed by atoms with Crippen LogP contribution in [-0.2, 0) is 20.9 Å². The Labute approximate surface area is 219 Å². The van der Waals surface area contributed by atoms with Crippen molar-refractivity contribution in [3.8, 4) is 5.75 Å². The maximum Gasteiger partial charge on any atom is 0.329 e. The fourth-order valence-electron chi connectivity index (χ4n) is 3.57. The molecule has 0 aliphatic carbocycles. The number of nitrogens with one attached hydrogen (secondary N) is 2. The van der Waals surface area contributed by atoms with Crippen LogP contribution in [0.25, 0.3) is 0 Å². The van der Waals surface area contributed by atoms with Crippen molar-refractivity contribution in [2.45, 2.75) is 6.61 Å². The second-order valence-corrected chi connectivity index (χ2v) is 8.49. The smallest absolute Gasteiger partial charge is 0.329 e. The second kappa shape index (κ2) is 12.7. The molecule has 1 heterocycles. The van der Waals surface area contributed by atoms with Crippen LogP contribution in [0.3, 0.4) is 0 Å². The third kappa shape index (κ3) is 7.16. The standard InChI is InChI=1S/C27H25ClN4O5/c28-21-11-9-19(10-12-21)18-37-24-8-4-1-5-20(24)17-29-31-26(34)25(33)30-23-7-3-2-6-22(23)27(35)32-13-15-36-16-14-32/h1-12,17H,13-16,18H2,(H,30,33)(H,31,34)/b29-17+. The number of para-hydroxylation sites is 2. The molecule has 0 unspecified atom stereocenters. The van der Waals surface area contributed by atoms with E-state index in [2.05, 4.69) is 15.8 Å². The van der Waals surface area contributed by atoms with Gasteiger partial charge in [0.1, 0.15) is 12.4 Å². The minimum Gasteiger partial charge on any atom is -0.488 e. The van der Waals surface area contributed by atoms with E-state index in [1.807, 2.05) is 18.2 Å². The Bertz CT molecular complexity index is 1290. The van der Waals surface area contributed by atoms with Crippen molar-refractivity contribution in [2.24, 2.45) is 5.10 Å². The van der Waals surface area contributed by atoms with Crippen LogP contribution < -0.4 is 15.5 Å². The van der Waals surface area contributed by atoms with Gasteiger partial charge in [0.2, 0.25) is 0 Å². The molecule has 0 aromatic heterocycles. The topological polar surface area (TPSA) is 109 Å². The Morgan fingerprint density at radius 2 is 1.65 bits per heavy atom. The monoisotopic (exact) mass is 520 g/mol. The van der Waals surface area contributed by atoms with Crippen molar-refractivity contribution >= 4 is 41.2 Å². The molecular formula is C27H25ClN4O5. The highest BCUT2D eigenvalue weighted by Gasteiger charge is 2.23. The molecular weight excluding hydrogens is 496 g/mol. The van der Waals surface area contributed by atoms with E-state index < -0.39 is 11.8 Å². The maximum atomic E-state index is 12.9. The highest BCUT2D eigenvalue weighted by Crippen LogP contribution is 2.19. The molecule has 0 spiro atoms. The van der Waals surface area contributed by atoms with E-state index in [0.29, 0.717) is 54.8 Å². The van der Waals surface area contributed by atoms with Gasteiger partial charge < -0.3 is 19.7 Å². The number of hydrogen-bond donors (Lipinski definition) is 2. The fourth-order valence-corrected chi connectivity index (χ4v) is 3.69. The molecule has 3 amide bonds.